The lowest BCUT2D eigenvalue weighted by atomic mass is 10.0. The number of nitrogens with two attached hydrogens (primary N) is 1. The molecule has 11 heteroatoms. The fourth-order valence-corrected chi connectivity index (χ4v) is 2.66. The largest absolute Gasteiger partial charge is 0.480 e. The quantitative estimate of drug-likeness (QED) is 0.210. The molecule has 0 bridgehead atoms. The molecule has 0 aromatic rings. The number of carboxylic acids is 1. The second-order valence-electron chi connectivity index (χ2n) is 6.38. The predicted octanol–water partition coefficient (Wildman–Crippen LogP) is -1.72. The maximum atomic E-state index is 12.4. The van der Waals surface area contributed by atoms with E-state index < -0.39 is 48.4 Å². The number of aliphatic hydroxyl groups excluding tert-OH is 1. The van der Waals surface area contributed by atoms with Crippen molar-refractivity contribution in [2.24, 2.45) is 11.7 Å². The molecule has 0 fully saturated rings. The average Bonchev–Trinajstić information content (AvgIpc) is 2.61. The molecule has 0 aliphatic carbocycles. The van der Waals surface area contributed by atoms with E-state index in [9.17, 15) is 29.4 Å². The first-order valence-electron chi connectivity index (χ1n) is 8.58. The van der Waals surface area contributed by atoms with Crippen LogP contribution in [0, 0.1) is 5.92 Å². The van der Waals surface area contributed by atoms with Crippen molar-refractivity contribution >= 4 is 35.5 Å². The Morgan fingerprint density at radius 3 is 2.00 bits per heavy atom. The number of hydrogen-bond acceptors (Lipinski definition) is 7. The van der Waals surface area contributed by atoms with Crippen molar-refractivity contribution < 1.29 is 29.4 Å². The van der Waals surface area contributed by atoms with E-state index in [-0.39, 0.29) is 18.9 Å². The van der Waals surface area contributed by atoms with Gasteiger partial charge in [0, 0.05) is 0 Å². The van der Waals surface area contributed by atoms with E-state index >= 15 is 0 Å². The lowest BCUT2D eigenvalue weighted by Crippen LogP contribution is -2.57. The number of carboxylic acid groups (broad SMARTS) is 1. The van der Waals surface area contributed by atoms with Crippen molar-refractivity contribution in [2.45, 2.75) is 44.8 Å². The number of amides is 3. The Balaban J connectivity index is 5.01. The van der Waals surface area contributed by atoms with E-state index in [1.165, 1.54) is 11.8 Å². The van der Waals surface area contributed by atoms with E-state index in [4.69, 9.17) is 5.73 Å². The maximum Gasteiger partial charge on any atom is 0.326 e. The van der Waals surface area contributed by atoms with Crippen LogP contribution in [0.1, 0.15) is 26.7 Å². The van der Waals surface area contributed by atoms with Crippen LogP contribution in [0.25, 0.3) is 0 Å². The third-order valence-corrected chi connectivity index (χ3v) is 4.23. The van der Waals surface area contributed by atoms with Crippen molar-refractivity contribution in [1.82, 2.24) is 16.0 Å². The number of aliphatic hydroxyl groups is 1. The summed E-state index contributed by atoms with van der Waals surface area (Å²) in [7, 11) is 0. The lowest BCUT2D eigenvalue weighted by Gasteiger charge is -2.23. The topological polar surface area (TPSA) is 171 Å². The first kappa shape index (κ1) is 25.1. The van der Waals surface area contributed by atoms with Gasteiger partial charge in [-0.15, -0.1) is 0 Å². The minimum atomic E-state index is -1.34. The molecule has 0 aliphatic rings. The standard InChI is InChI=1S/C16H30N4O6S/c1-9(2)6-11(16(25)26)19-15(24)12(8-21)20-14(23)10(4-5-27-3)18-13(22)7-17/h9-12,21H,4-8,17H2,1-3H3,(H,18,22)(H,19,24)(H,20,23)(H,25,26). The zero-order valence-electron chi connectivity index (χ0n) is 15.9. The Labute approximate surface area is 163 Å². The molecule has 3 atom stereocenters. The summed E-state index contributed by atoms with van der Waals surface area (Å²) < 4.78 is 0. The third-order valence-electron chi connectivity index (χ3n) is 3.59. The summed E-state index contributed by atoms with van der Waals surface area (Å²) in [4.78, 5) is 47.4. The van der Waals surface area contributed by atoms with Crippen molar-refractivity contribution in [1.29, 1.82) is 0 Å². The van der Waals surface area contributed by atoms with Crippen LogP contribution in [-0.4, -0.2) is 77.2 Å². The minimum Gasteiger partial charge on any atom is -0.480 e. The maximum absolute atomic E-state index is 12.4. The Bertz CT molecular complexity index is 517. The van der Waals surface area contributed by atoms with Crippen LogP contribution in [0.5, 0.6) is 0 Å². The molecule has 0 aromatic carbocycles. The van der Waals surface area contributed by atoms with Gasteiger partial charge in [-0.25, -0.2) is 4.79 Å². The highest BCUT2D eigenvalue weighted by atomic mass is 32.2. The predicted molar refractivity (Wildman–Crippen MR) is 102 cm³/mol. The van der Waals surface area contributed by atoms with Crippen LogP contribution in [-0.2, 0) is 19.2 Å². The molecule has 0 rings (SSSR count). The molecule has 0 saturated heterocycles. The summed E-state index contributed by atoms with van der Waals surface area (Å²) in [6.07, 6.45) is 2.35. The second kappa shape index (κ2) is 13.3. The van der Waals surface area contributed by atoms with E-state index in [2.05, 4.69) is 16.0 Å². The number of thioether (sulfide) groups is 1. The molecular formula is C16H30N4O6S. The molecule has 0 aromatic heterocycles. The van der Waals surface area contributed by atoms with Crippen molar-refractivity contribution in [3.8, 4) is 0 Å². The van der Waals surface area contributed by atoms with Gasteiger partial charge in [0.25, 0.3) is 0 Å². The SMILES string of the molecule is CSCCC(NC(=O)CN)C(=O)NC(CO)C(=O)NC(CC(C)C)C(=O)O. The number of carbonyl (C=O) groups excluding carboxylic acids is 3. The Morgan fingerprint density at radius 1 is 1.00 bits per heavy atom. The summed E-state index contributed by atoms with van der Waals surface area (Å²) in [6, 6.07) is -3.38. The summed E-state index contributed by atoms with van der Waals surface area (Å²) in [5, 5.41) is 25.7. The minimum absolute atomic E-state index is 0.0240. The smallest absolute Gasteiger partial charge is 0.326 e. The molecule has 3 amide bonds. The fourth-order valence-electron chi connectivity index (χ4n) is 2.19. The normalized spacial score (nSPS) is 14.1. The summed E-state index contributed by atoms with van der Waals surface area (Å²) in [5.74, 6) is -2.59. The van der Waals surface area contributed by atoms with Gasteiger partial charge >= 0.3 is 5.97 Å². The highest BCUT2D eigenvalue weighted by Gasteiger charge is 2.29. The van der Waals surface area contributed by atoms with Crippen molar-refractivity contribution in [2.75, 3.05) is 25.2 Å². The molecule has 0 radical (unpaired) electrons. The van der Waals surface area contributed by atoms with Gasteiger partial charge < -0.3 is 31.9 Å². The summed E-state index contributed by atoms with van der Waals surface area (Å²) in [5.41, 5.74) is 5.24. The monoisotopic (exact) mass is 406 g/mol. The number of nitrogens with one attached hydrogen (secondary N) is 3. The van der Waals surface area contributed by atoms with E-state index in [1.54, 1.807) is 0 Å². The number of hydrogen-bond donors (Lipinski definition) is 6. The molecular weight excluding hydrogens is 376 g/mol. The molecule has 3 unspecified atom stereocenters. The highest BCUT2D eigenvalue weighted by molar-refractivity contribution is 7.98. The van der Waals surface area contributed by atoms with Crippen LogP contribution in [0.4, 0.5) is 0 Å². The summed E-state index contributed by atoms with van der Waals surface area (Å²) >= 11 is 1.47. The van der Waals surface area contributed by atoms with Gasteiger partial charge in [-0.2, -0.15) is 11.8 Å². The molecule has 0 aliphatic heterocycles. The number of carbonyl (C=O) groups is 4. The zero-order valence-corrected chi connectivity index (χ0v) is 16.7. The lowest BCUT2D eigenvalue weighted by molar-refractivity contribution is -0.143. The first-order chi connectivity index (χ1) is 12.7. The van der Waals surface area contributed by atoms with Gasteiger partial charge in [-0.1, -0.05) is 13.8 Å². The van der Waals surface area contributed by atoms with Crippen molar-refractivity contribution in [3.05, 3.63) is 0 Å². The molecule has 0 spiro atoms. The van der Waals surface area contributed by atoms with Crippen LogP contribution < -0.4 is 21.7 Å². The molecule has 7 N–H and O–H groups in total. The van der Waals surface area contributed by atoms with Crippen LogP contribution in [0.3, 0.4) is 0 Å². The molecule has 10 nitrogen and oxygen atoms in total. The Hall–Kier alpha value is -1.85. The van der Waals surface area contributed by atoms with Gasteiger partial charge in [0.05, 0.1) is 13.2 Å². The Kier molecular flexibility index (Phi) is 12.4. The average molecular weight is 407 g/mol. The van der Waals surface area contributed by atoms with E-state index in [0.29, 0.717) is 12.2 Å². The van der Waals surface area contributed by atoms with Gasteiger partial charge in [0.1, 0.15) is 18.1 Å². The first-order valence-corrected chi connectivity index (χ1v) is 9.98. The molecule has 27 heavy (non-hydrogen) atoms. The third kappa shape index (κ3) is 10.2. The van der Waals surface area contributed by atoms with Gasteiger partial charge in [0.15, 0.2) is 0 Å². The summed E-state index contributed by atoms with van der Waals surface area (Å²) in [6.45, 7) is 2.61. The Morgan fingerprint density at radius 2 is 1.56 bits per heavy atom. The van der Waals surface area contributed by atoms with Crippen LogP contribution in [0.15, 0.2) is 0 Å². The second-order valence-corrected chi connectivity index (χ2v) is 7.36. The van der Waals surface area contributed by atoms with Gasteiger partial charge in [-0.05, 0) is 30.8 Å². The molecule has 156 valence electrons. The van der Waals surface area contributed by atoms with Gasteiger partial charge in [-0.3, -0.25) is 14.4 Å². The van der Waals surface area contributed by atoms with Crippen molar-refractivity contribution in [3.63, 3.8) is 0 Å². The number of rotatable bonds is 13. The molecule has 0 heterocycles. The highest BCUT2D eigenvalue weighted by Crippen LogP contribution is 2.06. The van der Waals surface area contributed by atoms with Crippen LogP contribution >= 0.6 is 11.8 Å². The van der Waals surface area contributed by atoms with E-state index in [0.717, 1.165) is 0 Å². The van der Waals surface area contributed by atoms with E-state index in [1.807, 2.05) is 20.1 Å². The van der Waals surface area contributed by atoms with Gasteiger partial charge in [0.2, 0.25) is 17.7 Å². The number of aliphatic carboxylic acids is 1. The molecule has 0 saturated carbocycles. The van der Waals surface area contributed by atoms with Crippen LogP contribution in [0.2, 0.25) is 0 Å². The fraction of sp³-hybridized carbons (Fsp3) is 0.750. The zero-order chi connectivity index (χ0) is 21.0.